The van der Waals surface area contributed by atoms with Crippen molar-refractivity contribution in [1.29, 1.82) is 0 Å². The maximum atomic E-state index is 11.2. The SMILES string of the molecule is NC1(C(=O)O)CCN(Cc2ccccc2C2CC2)C1. The Morgan fingerprint density at radius 3 is 2.79 bits per heavy atom. The fraction of sp³-hybridized carbons (Fsp3) is 0.533. The minimum Gasteiger partial charge on any atom is -0.480 e. The highest BCUT2D eigenvalue weighted by Crippen LogP contribution is 2.42. The minimum atomic E-state index is -1.06. The highest BCUT2D eigenvalue weighted by molar-refractivity contribution is 5.79. The van der Waals surface area contributed by atoms with Gasteiger partial charge in [-0.2, -0.15) is 0 Å². The summed E-state index contributed by atoms with van der Waals surface area (Å²) >= 11 is 0. The lowest BCUT2D eigenvalue weighted by Gasteiger charge is -2.21. The fourth-order valence-electron chi connectivity index (χ4n) is 2.94. The summed E-state index contributed by atoms with van der Waals surface area (Å²) in [6.07, 6.45) is 3.11. The number of likely N-dealkylation sites (tertiary alicyclic amines) is 1. The summed E-state index contributed by atoms with van der Waals surface area (Å²) in [6.45, 7) is 2.03. The Hall–Kier alpha value is -1.39. The molecule has 102 valence electrons. The third-order valence-corrected chi connectivity index (χ3v) is 4.27. The van der Waals surface area contributed by atoms with E-state index in [0.29, 0.717) is 13.0 Å². The normalized spacial score (nSPS) is 27.6. The van der Waals surface area contributed by atoms with Crippen LogP contribution in [0, 0.1) is 0 Å². The average molecular weight is 260 g/mol. The van der Waals surface area contributed by atoms with Crippen molar-refractivity contribution in [3.8, 4) is 0 Å². The van der Waals surface area contributed by atoms with Gasteiger partial charge in [0, 0.05) is 19.6 Å². The highest BCUT2D eigenvalue weighted by Gasteiger charge is 2.41. The van der Waals surface area contributed by atoms with Crippen molar-refractivity contribution >= 4 is 5.97 Å². The lowest BCUT2D eigenvalue weighted by Crippen LogP contribution is -2.50. The third-order valence-electron chi connectivity index (χ3n) is 4.27. The van der Waals surface area contributed by atoms with Crippen LogP contribution in [0.4, 0.5) is 0 Å². The molecule has 2 aliphatic rings. The molecule has 0 spiro atoms. The number of nitrogens with zero attached hydrogens (tertiary/aromatic N) is 1. The van der Waals surface area contributed by atoms with Gasteiger partial charge in [-0.15, -0.1) is 0 Å². The molecule has 1 aliphatic heterocycles. The largest absolute Gasteiger partial charge is 0.480 e. The van der Waals surface area contributed by atoms with Crippen LogP contribution in [-0.4, -0.2) is 34.6 Å². The zero-order valence-corrected chi connectivity index (χ0v) is 11.0. The van der Waals surface area contributed by atoms with Gasteiger partial charge in [0.25, 0.3) is 0 Å². The second kappa shape index (κ2) is 4.62. The van der Waals surface area contributed by atoms with Crippen molar-refractivity contribution in [3.05, 3.63) is 35.4 Å². The first kappa shape index (κ1) is 12.6. The number of benzene rings is 1. The molecule has 0 amide bonds. The van der Waals surface area contributed by atoms with E-state index in [0.717, 1.165) is 19.0 Å². The first-order chi connectivity index (χ1) is 9.08. The molecule has 4 heteroatoms. The van der Waals surface area contributed by atoms with Crippen LogP contribution in [0.3, 0.4) is 0 Å². The van der Waals surface area contributed by atoms with Gasteiger partial charge in [0.1, 0.15) is 5.54 Å². The van der Waals surface area contributed by atoms with Crippen LogP contribution in [0.15, 0.2) is 24.3 Å². The smallest absolute Gasteiger partial charge is 0.325 e. The molecule has 2 fully saturated rings. The van der Waals surface area contributed by atoms with Crippen molar-refractivity contribution in [2.24, 2.45) is 5.73 Å². The highest BCUT2D eigenvalue weighted by atomic mass is 16.4. The molecule has 3 rings (SSSR count). The van der Waals surface area contributed by atoms with E-state index >= 15 is 0 Å². The number of aliphatic carboxylic acids is 1. The lowest BCUT2D eigenvalue weighted by atomic mass is 10.0. The van der Waals surface area contributed by atoms with Gasteiger partial charge < -0.3 is 10.8 Å². The van der Waals surface area contributed by atoms with E-state index in [1.165, 1.54) is 24.0 Å². The molecule has 0 radical (unpaired) electrons. The molecule has 1 aromatic carbocycles. The molecule has 1 atom stereocenters. The van der Waals surface area contributed by atoms with E-state index in [-0.39, 0.29) is 0 Å². The van der Waals surface area contributed by atoms with Gasteiger partial charge in [0.2, 0.25) is 0 Å². The van der Waals surface area contributed by atoms with Crippen LogP contribution in [0.2, 0.25) is 0 Å². The molecule has 1 saturated carbocycles. The van der Waals surface area contributed by atoms with Gasteiger partial charge in [-0.1, -0.05) is 24.3 Å². The number of hydrogen-bond donors (Lipinski definition) is 2. The maximum Gasteiger partial charge on any atom is 0.325 e. The van der Waals surface area contributed by atoms with E-state index < -0.39 is 11.5 Å². The van der Waals surface area contributed by atoms with Crippen molar-refractivity contribution in [3.63, 3.8) is 0 Å². The van der Waals surface area contributed by atoms with Gasteiger partial charge in [0.15, 0.2) is 0 Å². The Kier molecular flexibility index (Phi) is 3.07. The third kappa shape index (κ3) is 2.51. The summed E-state index contributed by atoms with van der Waals surface area (Å²) < 4.78 is 0. The number of nitrogens with two attached hydrogens (primary N) is 1. The summed E-state index contributed by atoms with van der Waals surface area (Å²) in [5, 5.41) is 9.16. The van der Waals surface area contributed by atoms with E-state index in [4.69, 9.17) is 10.8 Å². The van der Waals surface area contributed by atoms with Crippen LogP contribution >= 0.6 is 0 Å². The summed E-state index contributed by atoms with van der Waals surface area (Å²) in [7, 11) is 0. The maximum absolute atomic E-state index is 11.2. The quantitative estimate of drug-likeness (QED) is 0.862. The molecular formula is C15H20N2O2. The van der Waals surface area contributed by atoms with E-state index in [9.17, 15) is 4.79 Å². The fourth-order valence-corrected chi connectivity index (χ4v) is 2.94. The Bertz CT molecular complexity index is 499. The van der Waals surface area contributed by atoms with E-state index in [1.54, 1.807) is 0 Å². The topological polar surface area (TPSA) is 66.6 Å². The summed E-state index contributed by atoms with van der Waals surface area (Å²) in [6, 6.07) is 8.51. The summed E-state index contributed by atoms with van der Waals surface area (Å²) in [5.74, 6) is -0.161. The summed E-state index contributed by atoms with van der Waals surface area (Å²) in [5.41, 5.74) is 7.62. The standard InChI is InChI=1S/C15H20N2O2/c16-15(14(18)19)7-8-17(10-15)9-12-3-1-2-4-13(12)11-5-6-11/h1-4,11H,5-10,16H2,(H,18,19). The first-order valence-corrected chi connectivity index (χ1v) is 6.91. The number of carboxylic acid groups (broad SMARTS) is 1. The van der Waals surface area contributed by atoms with Gasteiger partial charge in [-0.25, -0.2) is 0 Å². The molecular weight excluding hydrogens is 240 g/mol. The van der Waals surface area contributed by atoms with E-state index in [1.807, 2.05) is 0 Å². The zero-order chi connectivity index (χ0) is 13.5. The van der Waals surface area contributed by atoms with Crippen LogP contribution < -0.4 is 5.73 Å². The second-order valence-corrected chi connectivity index (χ2v) is 5.90. The molecule has 3 N–H and O–H groups in total. The number of hydrogen-bond acceptors (Lipinski definition) is 3. The molecule has 1 aliphatic carbocycles. The number of carbonyl (C=O) groups is 1. The van der Waals surface area contributed by atoms with Crippen LogP contribution in [-0.2, 0) is 11.3 Å². The second-order valence-electron chi connectivity index (χ2n) is 5.90. The molecule has 0 aromatic heterocycles. The van der Waals surface area contributed by atoms with Crippen molar-refractivity contribution in [2.75, 3.05) is 13.1 Å². The van der Waals surface area contributed by atoms with E-state index in [2.05, 4.69) is 29.2 Å². The molecule has 4 nitrogen and oxygen atoms in total. The molecule has 0 bridgehead atoms. The number of rotatable bonds is 4. The van der Waals surface area contributed by atoms with Gasteiger partial charge >= 0.3 is 5.97 Å². The van der Waals surface area contributed by atoms with Crippen molar-refractivity contribution < 1.29 is 9.90 Å². The predicted molar refractivity (Wildman–Crippen MR) is 72.9 cm³/mol. The summed E-state index contributed by atoms with van der Waals surface area (Å²) in [4.78, 5) is 13.3. The van der Waals surface area contributed by atoms with Crippen molar-refractivity contribution in [1.82, 2.24) is 4.90 Å². The molecule has 1 heterocycles. The van der Waals surface area contributed by atoms with Gasteiger partial charge in [0.05, 0.1) is 0 Å². The average Bonchev–Trinajstić information content (AvgIpc) is 3.15. The molecule has 1 aromatic rings. The van der Waals surface area contributed by atoms with Crippen LogP contribution in [0.5, 0.6) is 0 Å². The lowest BCUT2D eigenvalue weighted by molar-refractivity contribution is -0.142. The van der Waals surface area contributed by atoms with Crippen LogP contribution in [0.1, 0.15) is 36.3 Å². The Balaban J connectivity index is 1.71. The monoisotopic (exact) mass is 260 g/mol. The Labute approximate surface area is 113 Å². The molecule has 1 unspecified atom stereocenters. The van der Waals surface area contributed by atoms with Crippen molar-refractivity contribution in [2.45, 2.75) is 37.3 Å². The Morgan fingerprint density at radius 2 is 2.16 bits per heavy atom. The molecule has 19 heavy (non-hydrogen) atoms. The Morgan fingerprint density at radius 1 is 1.42 bits per heavy atom. The first-order valence-electron chi connectivity index (χ1n) is 6.91. The number of carboxylic acids is 1. The van der Waals surface area contributed by atoms with Gasteiger partial charge in [-0.3, -0.25) is 9.69 Å². The zero-order valence-electron chi connectivity index (χ0n) is 11.0. The van der Waals surface area contributed by atoms with Crippen LogP contribution in [0.25, 0.3) is 0 Å². The minimum absolute atomic E-state index is 0.446. The predicted octanol–water partition coefficient (Wildman–Crippen LogP) is 1.55. The molecule has 1 saturated heterocycles. The van der Waals surface area contributed by atoms with Gasteiger partial charge in [-0.05, 0) is 36.3 Å².